The molecule has 2 nitrogen and oxygen atoms in total. The summed E-state index contributed by atoms with van der Waals surface area (Å²) < 4.78 is 13.6. The second kappa shape index (κ2) is 5.78. The van der Waals surface area contributed by atoms with Crippen molar-refractivity contribution in [2.24, 2.45) is 5.73 Å². The molecule has 2 rings (SSSR count). The van der Waals surface area contributed by atoms with E-state index in [0.29, 0.717) is 23.4 Å². The van der Waals surface area contributed by atoms with Crippen molar-refractivity contribution < 1.29 is 4.39 Å². The Hall–Kier alpha value is -0.970. The quantitative estimate of drug-likeness (QED) is 0.935. The number of hydrogen-bond acceptors (Lipinski definition) is 3. The van der Waals surface area contributed by atoms with Gasteiger partial charge >= 0.3 is 0 Å². The SMILES string of the molecule is Cc1nc(CC(N)Cc2c(F)cccc2Cl)cs1. The fraction of sp³-hybridized carbons (Fsp3) is 0.308. The molecule has 0 radical (unpaired) electrons. The minimum absolute atomic E-state index is 0.180. The number of thiazole rings is 1. The van der Waals surface area contributed by atoms with Gasteiger partial charge in [0.25, 0.3) is 0 Å². The number of nitrogens with zero attached hydrogens (tertiary/aromatic N) is 1. The van der Waals surface area contributed by atoms with E-state index in [0.717, 1.165) is 10.7 Å². The molecule has 0 aliphatic carbocycles. The summed E-state index contributed by atoms with van der Waals surface area (Å²) in [6.45, 7) is 1.95. The summed E-state index contributed by atoms with van der Waals surface area (Å²) in [4.78, 5) is 4.35. The van der Waals surface area contributed by atoms with Crippen molar-refractivity contribution in [1.82, 2.24) is 4.98 Å². The zero-order valence-electron chi connectivity index (χ0n) is 9.99. The van der Waals surface area contributed by atoms with Gasteiger partial charge in [-0.1, -0.05) is 17.7 Å². The number of halogens is 2. The van der Waals surface area contributed by atoms with E-state index in [1.165, 1.54) is 6.07 Å². The van der Waals surface area contributed by atoms with E-state index in [9.17, 15) is 4.39 Å². The van der Waals surface area contributed by atoms with E-state index in [2.05, 4.69) is 4.98 Å². The Balaban J connectivity index is 2.05. The van der Waals surface area contributed by atoms with Gasteiger partial charge in [0.1, 0.15) is 5.82 Å². The first-order valence-corrected chi connectivity index (χ1v) is 6.91. The first-order chi connectivity index (χ1) is 8.56. The zero-order chi connectivity index (χ0) is 13.1. The van der Waals surface area contributed by atoms with Gasteiger partial charge in [0.2, 0.25) is 0 Å². The van der Waals surface area contributed by atoms with Gasteiger partial charge in [0, 0.05) is 28.4 Å². The number of benzene rings is 1. The molecule has 18 heavy (non-hydrogen) atoms. The summed E-state index contributed by atoms with van der Waals surface area (Å²) in [5.41, 5.74) is 7.46. The maximum atomic E-state index is 13.6. The summed E-state index contributed by atoms with van der Waals surface area (Å²) in [5, 5.41) is 3.43. The molecule has 1 aromatic carbocycles. The van der Waals surface area contributed by atoms with E-state index >= 15 is 0 Å². The number of nitrogens with two attached hydrogens (primary N) is 1. The summed E-state index contributed by atoms with van der Waals surface area (Å²) in [7, 11) is 0. The fourth-order valence-electron chi connectivity index (χ4n) is 1.83. The molecule has 2 aromatic rings. The van der Waals surface area contributed by atoms with Crippen molar-refractivity contribution in [3.8, 4) is 0 Å². The van der Waals surface area contributed by atoms with E-state index in [1.54, 1.807) is 23.5 Å². The van der Waals surface area contributed by atoms with Crippen molar-refractivity contribution in [2.45, 2.75) is 25.8 Å². The highest BCUT2D eigenvalue weighted by molar-refractivity contribution is 7.09. The van der Waals surface area contributed by atoms with Crippen LogP contribution in [-0.4, -0.2) is 11.0 Å². The van der Waals surface area contributed by atoms with Crippen LogP contribution < -0.4 is 5.73 Å². The Morgan fingerprint density at radius 2 is 2.22 bits per heavy atom. The second-order valence-corrected chi connectivity index (χ2v) is 5.70. The van der Waals surface area contributed by atoms with Crippen LogP contribution in [0, 0.1) is 12.7 Å². The summed E-state index contributed by atoms with van der Waals surface area (Å²) >= 11 is 7.56. The third-order valence-electron chi connectivity index (χ3n) is 2.67. The predicted molar refractivity (Wildman–Crippen MR) is 73.6 cm³/mol. The van der Waals surface area contributed by atoms with Crippen LogP contribution in [0.2, 0.25) is 5.02 Å². The highest BCUT2D eigenvalue weighted by Crippen LogP contribution is 2.21. The smallest absolute Gasteiger partial charge is 0.127 e. The third-order valence-corrected chi connectivity index (χ3v) is 3.84. The van der Waals surface area contributed by atoms with E-state index < -0.39 is 0 Å². The van der Waals surface area contributed by atoms with Gasteiger partial charge in [-0.3, -0.25) is 0 Å². The molecule has 0 aliphatic heterocycles. The maximum absolute atomic E-state index is 13.6. The number of aryl methyl sites for hydroxylation is 1. The highest BCUT2D eigenvalue weighted by atomic mass is 35.5. The van der Waals surface area contributed by atoms with Crippen LogP contribution in [0.1, 0.15) is 16.3 Å². The average molecular weight is 285 g/mol. The van der Waals surface area contributed by atoms with Crippen LogP contribution in [0.15, 0.2) is 23.6 Å². The number of hydrogen-bond donors (Lipinski definition) is 1. The molecule has 96 valence electrons. The molecule has 0 spiro atoms. The van der Waals surface area contributed by atoms with Gasteiger partial charge < -0.3 is 5.73 Å². The molecule has 0 amide bonds. The minimum Gasteiger partial charge on any atom is -0.327 e. The molecule has 1 unspecified atom stereocenters. The third kappa shape index (κ3) is 3.28. The Kier molecular flexibility index (Phi) is 4.32. The van der Waals surface area contributed by atoms with Crippen LogP contribution in [0.5, 0.6) is 0 Å². The van der Waals surface area contributed by atoms with Crippen molar-refractivity contribution in [3.63, 3.8) is 0 Å². The largest absolute Gasteiger partial charge is 0.327 e. The Morgan fingerprint density at radius 1 is 1.44 bits per heavy atom. The van der Waals surface area contributed by atoms with Gasteiger partial charge in [0.15, 0.2) is 0 Å². The number of rotatable bonds is 4. The molecular weight excluding hydrogens is 271 g/mol. The topological polar surface area (TPSA) is 38.9 Å². The summed E-state index contributed by atoms with van der Waals surface area (Å²) in [6.07, 6.45) is 1.05. The van der Waals surface area contributed by atoms with Gasteiger partial charge in [-0.25, -0.2) is 9.37 Å². The molecular formula is C13H14ClFN2S. The minimum atomic E-state index is -0.299. The normalized spacial score (nSPS) is 12.7. The van der Waals surface area contributed by atoms with Crippen LogP contribution in [0.3, 0.4) is 0 Å². The lowest BCUT2D eigenvalue weighted by molar-refractivity contribution is 0.582. The summed E-state index contributed by atoms with van der Waals surface area (Å²) in [6, 6.07) is 4.50. The van der Waals surface area contributed by atoms with Crippen LogP contribution in [-0.2, 0) is 12.8 Å². The molecule has 2 N–H and O–H groups in total. The summed E-state index contributed by atoms with van der Waals surface area (Å²) in [5.74, 6) is -0.299. The first kappa shape index (κ1) is 13.5. The van der Waals surface area contributed by atoms with Gasteiger partial charge in [-0.2, -0.15) is 0 Å². The lowest BCUT2D eigenvalue weighted by Crippen LogP contribution is -2.26. The molecule has 1 aromatic heterocycles. The van der Waals surface area contributed by atoms with Crippen LogP contribution in [0.25, 0.3) is 0 Å². The molecule has 0 saturated heterocycles. The molecule has 0 bridgehead atoms. The van der Waals surface area contributed by atoms with Crippen molar-refractivity contribution in [2.75, 3.05) is 0 Å². The zero-order valence-corrected chi connectivity index (χ0v) is 11.6. The average Bonchev–Trinajstić information content (AvgIpc) is 2.69. The van der Waals surface area contributed by atoms with Crippen molar-refractivity contribution >= 4 is 22.9 Å². The molecule has 1 heterocycles. The van der Waals surface area contributed by atoms with Crippen molar-refractivity contribution in [3.05, 3.63) is 50.7 Å². The predicted octanol–water partition coefficient (Wildman–Crippen LogP) is 3.36. The van der Waals surface area contributed by atoms with Crippen molar-refractivity contribution in [1.29, 1.82) is 0 Å². The molecule has 5 heteroatoms. The van der Waals surface area contributed by atoms with Crippen LogP contribution >= 0.6 is 22.9 Å². The van der Waals surface area contributed by atoms with Crippen LogP contribution in [0.4, 0.5) is 4.39 Å². The Labute approximate surface area is 115 Å². The van der Waals surface area contributed by atoms with E-state index in [1.807, 2.05) is 12.3 Å². The van der Waals surface area contributed by atoms with Gasteiger partial charge in [0.05, 0.1) is 10.7 Å². The first-order valence-electron chi connectivity index (χ1n) is 5.65. The lowest BCUT2D eigenvalue weighted by atomic mass is 10.0. The highest BCUT2D eigenvalue weighted by Gasteiger charge is 2.13. The molecule has 0 saturated carbocycles. The monoisotopic (exact) mass is 284 g/mol. The van der Waals surface area contributed by atoms with E-state index in [4.69, 9.17) is 17.3 Å². The maximum Gasteiger partial charge on any atom is 0.127 e. The fourth-order valence-corrected chi connectivity index (χ4v) is 2.70. The Bertz CT molecular complexity index is 521. The standard InChI is InChI=1S/C13H14ClFN2S/c1-8-17-10(7-18-8)5-9(16)6-11-12(14)3-2-4-13(11)15/h2-4,7,9H,5-6,16H2,1H3. The lowest BCUT2D eigenvalue weighted by Gasteiger charge is -2.12. The molecule has 0 fully saturated rings. The van der Waals surface area contributed by atoms with Gasteiger partial charge in [-0.05, 0) is 25.5 Å². The molecule has 0 aliphatic rings. The number of aromatic nitrogens is 1. The Morgan fingerprint density at radius 3 is 2.83 bits per heavy atom. The van der Waals surface area contributed by atoms with Gasteiger partial charge in [-0.15, -0.1) is 11.3 Å². The second-order valence-electron chi connectivity index (χ2n) is 4.23. The molecule has 1 atom stereocenters. The van der Waals surface area contributed by atoms with E-state index in [-0.39, 0.29) is 11.9 Å².